The maximum Gasteiger partial charge on any atom is 0.248 e. The molecule has 0 aliphatic carbocycles. The Balaban J connectivity index is 1.37. The number of nitrogens with zero attached hydrogens (tertiary/aromatic N) is 2. The number of thiophene rings is 1. The molecule has 1 N–H and O–H groups in total. The molecule has 3 heterocycles. The van der Waals surface area contributed by atoms with E-state index in [9.17, 15) is 4.79 Å². The van der Waals surface area contributed by atoms with Gasteiger partial charge in [-0.1, -0.05) is 23.5 Å². The second-order valence-corrected chi connectivity index (χ2v) is 8.24. The van der Waals surface area contributed by atoms with Gasteiger partial charge in [0.25, 0.3) is 0 Å². The van der Waals surface area contributed by atoms with Crippen molar-refractivity contribution in [2.24, 2.45) is 0 Å². The first-order chi connectivity index (χ1) is 15.2. The van der Waals surface area contributed by atoms with Crippen molar-refractivity contribution >= 4 is 29.0 Å². The summed E-state index contributed by atoms with van der Waals surface area (Å²) in [5, 5.41) is 3.76. The number of carbonyl (C=O) groups is 1. The van der Waals surface area contributed by atoms with Gasteiger partial charge in [0, 0.05) is 59.8 Å². The van der Waals surface area contributed by atoms with E-state index in [0.29, 0.717) is 0 Å². The number of morpholine rings is 1. The molecule has 1 aromatic carbocycles. The third kappa shape index (κ3) is 5.79. The molecule has 2 aromatic heterocycles. The van der Waals surface area contributed by atoms with Crippen molar-refractivity contribution in [1.29, 1.82) is 0 Å². The fourth-order valence-corrected chi connectivity index (χ4v) is 4.27. The molecule has 1 amide bonds. The number of benzene rings is 1. The number of hydrogen-bond acceptors (Lipinski definition) is 6. The summed E-state index contributed by atoms with van der Waals surface area (Å²) in [6.07, 6.45) is 6.83. The van der Waals surface area contributed by atoms with Crippen molar-refractivity contribution in [3.8, 4) is 15.5 Å². The number of methoxy groups -OCH3 is 1. The second kappa shape index (κ2) is 10.3. The predicted molar refractivity (Wildman–Crippen MR) is 124 cm³/mol. The highest BCUT2D eigenvalue weighted by Crippen LogP contribution is 2.34. The lowest BCUT2D eigenvalue weighted by Crippen LogP contribution is -2.35. The largest absolute Gasteiger partial charge is 0.487 e. The number of hydrogen-bond donors (Lipinski definition) is 1. The molecule has 1 fully saturated rings. The molecule has 160 valence electrons. The molecule has 7 heteroatoms. The number of anilines is 1. The minimum absolute atomic E-state index is 0.181. The first kappa shape index (κ1) is 21.2. The van der Waals surface area contributed by atoms with Gasteiger partial charge in [0.2, 0.25) is 5.91 Å². The van der Waals surface area contributed by atoms with E-state index in [1.54, 1.807) is 36.9 Å². The molecule has 3 aromatic rings. The summed E-state index contributed by atoms with van der Waals surface area (Å²) in [4.78, 5) is 20.1. The van der Waals surface area contributed by atoms with Gasteiger partial charge in [-0.05, 0) is 42.0 Å². The zero-order valence-corrected chi connectivity index (χ0v) is 18.2. The van der Waals surface area contributed by atoms with Crippen molar-refractivity contribution in [1.82, 2.24) is 9.88 Å². The fourth-order valence-electron chi connectivity index (χ4n) is 3.40. The average Bonchev–Trinajstić information content (AvgIpc) is 3.29. The Morgan fingerprint density at radius 1 is 1.19 bits per heavy atom. The molecule has 0 saturated carbocycles. The first-order valence-corrected chi connectivity index (χ1v) is 11.0. The molecule has 0 bridgehead atoms. The van der Waals surface area contributed by atoms with Crippen LogP contribution in [-0.4, -0.2) is 49.2 Å². The van der Waals surface area contributed by atoms with E-state index in [0.717, 1.165) is 59.6 Å². The Hall–Kier alpha value is -3.00. The van der Waals surface area contributed by atoms with E-state index < -0.39 is 0 Å². The van der Waals surface area contributed by atoms with Crippen LogP contribution in [0.15, 0.2) is 60.9 Å². The lowest BCUT2D eigenvalue weighted by Gasteiger charge is -2.26. The number of nitrogens with one attached hydrogen (secondary N) is 1. The summed E-state index contributed by atoms with van der Waals surface area (Å²) in [5.74, 6) is -0.181. The minimum Gasteiger partial charge on any atom is -0.487 e. The van der Waals surface area contributed by atoms with Crippen molar-refractivity contribution in [3.63, 3.8) is 0 Å². The number of amides is 1. The molecule has 6 nitrogen and oxygen atoms in total. The zero-order valence-electron chi connectivity index (χ0n) is 17.4. The molecule has 0 spiro atoms. The van der Waals surface area contributed by atoms with Crippen molar-refractivity contribution in [2.45, 2.75) is 6.54 Å². The Bertz CT molecular complexity index is 1040. The third-order valence-corrected chi connectivity index (χ3v) is 6.13. The number of ether oxygens (including phenoxy) is 2. The summed E-state index contributed by atoms with van der Waals surface area (Å²) < 4.78 is 10.7. The minimum atomic E-state index is -0.181. The van der Waals surface area contributed by atoms with E-state index in [4.69, 9.17) is 9.47 Å². The topological polar surface area (TPSA) is 63.7 Å². The lowest BCUT2D eigenvalue weighted by atomic mass is 10.1. The Labute approximate surface area is 186 Å². The number of rotatable bonds is 7. The molecule has 0 radical (unpaired) electrons. The molecule has 0 atom stereocenters. The fraction of sp³-hybridized carbons (Fsp3) is 0.250. The van der Waals surface area contributed by atoms with Gasteiger partial charge in [-0.3, -0.25) is 14.7 Å². The first-order valence-electron chi connectivity index (χ1n) is 10.2. The van der Waals surface area contributed by atoms with E-state index in [1.165, 1.54) is 11.6 Å². The number of aromatic nitrogens is 1. The van der Waals surface area contributed by atoms with Crippen LogP contribution in [0, 0.1) is 0 Å². The maximum absolute atomic E-state index is 12.4. The van der Waals surface area contributed by atoms with Crippen LogP contribution >= 0.6 is 11.3 Å². The van der Waals surface area contributed by atoms with Crippen LogP contribution in [-0.2, 0) is 16.1 Å². The van der Waals surface area contributed by atoms with E-state index >= 15 is 0 Å². The van der Waals surface area contributed by atoms with Gasteiger partial charge >= 0.3 is 0 Å². The highest BCUT2D eigenvalue weighted by molar-refractivity contribution is 7.17. The van der Waals surface area contributed by atoms with Crippen molar-refractivity contribution < 1.29 is 14.3 Å². The molecular formula is C24H25N3O3S. The highest BCUT2D eigenvalue weighted by Gasteiger charge is 2.11. The summed E-state index contributed by atoms with van der Waals surface area (Å²) >= 11 is 1.56. The Morgan fingerprint density at radius 2 is 2.00 bits per heavy atom. The van der Waals surface area contributed by atoms with Crippen LogP contribution in [0.25, 0.3) is 16.5 Å². The van der Waals surface area contributed by atoms with E-state index in [1.807, 2.05) is 30.3 Å². The van der Waals surface area contributed by atoms with Crippen LogP contribution in [0.4, 0.5) is 5.69 Å². The van der Waals surface area contributed by atoms with Gasteiger partial charge in [0.1, 0.15) is 0 Å². The zero-order chi connectivity index (χ0) is 21.5. The maximum atomic E-state index is 12.4. The van der Waals surface area contributed by atoms with Gasteiger partial charge in [0.15, 0.2) is 5.06 Å². The van der Waals surface area contributed by atoms with Crippen LogP contribution < -0.4 is 10.1 Å². The summed E-state index contributed by atoms with van der Waals surface area (Å²) in [6, 6.07) is 13.9. The molecule has 1 aliphatic heterocycles. The number of pyridine rings is 1. The second-order valence-electron chi connectivity index (χ2n) is 7.19. The highest BCUT2D eigenvalue weighted by atomic mass is 32.1. The van der Waals surface area contributed by atoms with Crippen LogP contribution in [0.3, 0.4) is 0 Å². The molecule has 31 heavy (non-hydrogen) atoms. The SMILES string of the molecule is COc1ccc(-c2ccncc2C=CC(=O)Nc2ccc(CN3CCOCC3)cc2)s1. The summed E-state index contributed by atoms with van der Waals surface area (Å²) in [6.45, 7) is 4.39. The van der Waals surface area contributed by atoms with Crippen LogP contribution in [0.2, 0.25) is 0 Å². The van der Waals surface area contributed by atoms with Crippen molar-refractivity contribution in [3.05, 3.63) is 72.1 Å². The predicted octanol–water partition coefficient (Wildman–Crippen LogP) is 4.30. The summed E-state index contributed by atoms with van der Waals surface area (Å²) in [5.41, 5.74) is 3.89. The van der Waals surface area contributed by atoms with Crippen LogP contribution in [0.1, 0.15) is 11.1 Å². The third-order valence-electron chi connectivity index (χ3n) is 5.05. The molecule has 4 rings (SSSR count). The van der Waals surface area contributed by atoms with E-state index in [2.05, 4.69) is 27.3 Å². The average molecular weight is 436 g/mol. The lowest BCUT2D eigenvalue weighted by molar-refractivity contribution is -0.111. The summed E-state index contributed by atoms with van der Waals surface area (Å²) in [7, 11) is 1.66. The Kier molecular flexibility index (Phi) is 7.09. The molecule has 1 aliphatic rings. The van der Waals surface area contributed by atoms with Crippen LogP contribution in [0.5, 0.6) is 5.06 Å². The molecule has 1 saturated heterocycles. The van der Waals surface area contributed by atoms with Crippen molar-refractivity contribution in [2.75, 3.05) is 38.7 Å². The monoisotopic (exact) mass is 435 g/mol. The molecule has 0 unspecified atom stereocenters. The Morgan fingerprint density at radius 3 is 2.74 bits per heavy atom. The standard InChI is InChI=1S/C24H25N3O3S/c1-29-24-9-7-22(31-24)21-10-11-25-16-19(21)4-8-23(28)26-20-5-2-18(3-6-20)17-27-12-14-30-15-13-27/h2-11,16H,12-15,17H2,1H3,(H,26,28). The van der Waals surface area contributed by atoms with Gasteiger partial charge in [0.05, 0.1) is 20.3 Å². The van der Waals surface area contributed by atoms with Gasteiger partial charge in [-0.25, -0.2) is 0 Å². The van der Waals surface area contributed by atoms with Gasteiger partial charge in [-0.2, -0.15) is 0 Å². The smallest absolute Gasteiger partial charge is 0.248 e. The van der Waals surface area contributed by atoms with Gasteiger partial charge < -0.3 is 14.8 Å². The van der Waals surface area contributed by atoms with E-state index in [-0.39, 0.29) is 5.91 Å². The quantitative estimate of drug-likeness (QED) is 0.561. The number of carbonyl (C=O) groups excluding carboxylic acids is 1. The molecular weight excluding hydrogens is 410 g/mol. The van der Waals surface area contributed by atoms with Gasteiger partial charge in [-0.15, -0.1) is 0 Å². The normalized spacial score (nSPS) is 14.6.